The molecule has 0 atom stereocenters. The van der Waals surface area contributed by atoms with Gasteiger partial charge >= 0.3 is 0 Å². The number of hydrogen-bond donors (Lipinski definition) is 1. The number of carbonyl (C=O) groups is 2. The quantitative estimate of drug-likeness (QED) is 0.910. The molecule has 2 aliphatic heterocycles. The summed E-state index contributed by atoms with van der Waals surface area (Å²) in [6, 6.07) is 13.3. The normalized spacial score (nSPS) is 14.7. The summed E-state index contributed by atoms with van der Waals surface area (Å²) < 4.78 is 11.0. The third-order valence-corrected chi connectivity index (χ3v) is 4.60. The number of hydrogen-bond acceptors (Lipinski definition) is 4. The van der Waals surface area contributed by atoms with Crippen LogP contribution in [0.15, 0.2) is 42.5 Å². The Morgan fingerprint density at radius 3 is 2.73 bits per heavy atom. The summed E-state index contributed by atoms with van der Waals surface area (Å²) >= 11 is 0. The molecule has 2 aliphatic rings. The minimum atomic E-state index is -0.192. The SMILES string of the molecule is O=C(Cc1ccc2c(c1)OCCO2)NCC(=O)N1CCc2ccccc21. The highest BCUT2D eigenvalue weighted by atomic mass is 16.6. The van der Waals surface area contributed by atoms with E-state index in [9.17, 15) is 9.59 Å². The van der Waals surface area contributed by atoms with E-state index in [1.54, 1.807) is 4.90 Å². The number of nitrogens with zero attached hydrogens (tertiary/aromatic N) is 1. The summed E-state index contributed by atoms with van der Waals surface area (Å²) in [7, 11) is 0. The molecule has 2 aromatic rings. The lowest BCUT2D eigenvalue weighted by molar-refractivity contribution is -0.124. The molecule has 0 fully saturated rings. The average Bonchev–Trinajstić information content (AvgIpc) is 3.10. The van der Waals surface area contributed by atoms with Gasteiger partial charge in [0, 0.05) is 12.2 Å². The van der Waals surface area contributed by atoms with Gasteiger partial charge in [0.15, 0.2) is 11.5 Å². The van der Waals surface area contributed by atoms with Crippen LogP contribution in [0.4, 0.5) is 5.69 Å². The second kappa shape index (κ2) is 7.07. The van der Waals surface area contributed by atoms with Crippen molar-refractivity contribution < 1.29 is 19.1 Å². The molecule has 0 aliphatic carbocycles. The molecule has 1 N–H and O–H groups in total. The fourth-order valence-electron chi connectivity index (χ4n) is 3.31. The van der Waals surface area contributed by atoms with E-state index in [1.165, 1.54) is 5.56 Å². The predicted molar refractivity (Wildman–Crippen MR) is 96.6 cm³/mol. The van der Waals surface area contributed by atoms with Gasteiger partial charge in [-0.3, -0.25) is 9.59 Å². The van der Waals surface area contributed by atoms with Gasteiger partial charge in [-0.1, -0.05) is 24.3 Å². The first-order valence-electron chi connectivity index (χ1n) is 8.74. The first-order chi connectivity index (χ1) is 12.7. The molecule has 0 bridgehead atoms. The Hall–Kier alpha value is -3.02. The maximum atomic E-state index is 12.4. The van der Waals surface area contributed by atoms with Crippen LogP contribution in [0.25, 0.3) is 0 Å². The number of fused-ring (bicyclic) bond motifs is 2. The van der Waals surface area contributed by atoms with Crippen LogP contribution in [0.5, 0.6) is 11.5 Å². The maximum absolute atomic E-state index is 12.4. The van der Waals surface area contributed by atoms with Gasteiger partial charge in [0.1, 0.15) is 13.2 Å². The Labute approximate surface area is 151 Å². The van der Waals surface area contributed by atoms with Crippen LogP contribution in [-0.4, -0.2) is 38.1 Å². The van der Waals surface area contributed by atoms with Crippen molar-refractivity contribution in [3.8, 4) is 11.5 Å². The molecule has 6 nitrogen and oxygen atoms in total. The minimum absolute atomic E-state index is 0.00226. The Kier molecular flexibility index (Phi) is 4.48. The number of nitrogens with one attached hydrogen (secondary N) is 1. The van der Waals surface area contributed by atoms with Gasteiger partial charge in [-0.15, -0.1) is 0 Å². The van der Waals surface area contributed by atoms with E-state index < -0.39 is 0 Å². The summed E-state index contributed by atoms with van der Waals surface area (Å²) in [6.45, 7) is 1.71. The molecule has 2 amide bonds. The van der Waals surface area contributed by atoms with Crippen molar-refractivity contribution in [3.63, 3.8) is 0 Å². The third-order valence-electron chi connectivity index (χ3n) is 4.60. The van der Waals surface area contributed by atoms with Crippen molar-refractivity contribution in [1.29, 1.82) is 0 Å². The number of amides is 2. The molecule has 0 spiro atoms. The zero-order valence-corrected chi connectivity index (χ0v) is 14.4. The summed E-state index contributed by atoms with van der Waals surface area (Å²) in [6.07, 6.45) is 1.05. The molecular weight excluding hydrogens is 332 g/mol. The maximum Gasteiger partial charge on any atom is 0.246 e. The largest absolute Gasteiger partial charge is 0.486 e. The number of ether oxygens (including phenoxy) is 2. The summed E-state index contributed by atoms with van der Waals surface area (Å²) in [5.41, 5.74) is 2.94. The Balaban J connectivity index is 1.32. The van der Waals surface area contributed by atoms with Crippen LogP contribution < -0.4 is 19.7 Å². The zero-order chi connectivity index (χ0) is 17.9. The second-order valence-electron chi connectivity index (χ2n) is 6.36. The number of benzene rings is 2. The van der Waals surface area contributed by atoms with Gasteiger partial charge in [-0.05, 0) is 35.7 Å². The van der Waals surface area contributed by atoms with E-state index in [2.05, 4.69) is 5.32 Å². The topological polar surface area (TPSA) is 67.9 Å². The van der Waals surface area contributed by atoms with Crippen molar-refractivity contribution in [2.45, 2.75) is 12.8 Å². The van der Waals surface area contributed by atoms with Gasteiger partial charge in [0.05, 0.1) is 13.0 Å². The number of para-hydroxylation sites is 1. The summed E-state index contributed by atoms with van der Waals surface area (Å²) in [5, 5.41) is 2.72. The summed E-state index contributed by atoms with van der Waals surface area (Å²) in [5.74, 6) is 1.07. The molecule has 0 saturated carbocycles. The lowest BCUT2D eigenvalue weighted by Crippen LogP contribution is -2.39. The molecule has 6 heteroatoms. The fraction of sp³-hybridized carbons (Fsp3) is 0.300. The second-order valence-corrected chi connectivity index (χ2v) is 6.36. The van der Waals surface area contributed by atoms with Crippen LogP contribution >= 0.6 is 0 Å². The van der Waals surface area contributed by atoms with Gasteiger partial charge in [0.25, 0.3) is 0 Å². The van der Waals surface area contributed by atoms with Crippen molar-refractivity contribution in [3.05, 3.63) is 53.6 Å². The highest BCUT2D eigenvalue weighted by Crippen LogP contribution is 2.31. The lowest BCUT2D eigenvalue weighted by atomic mass is 10.1. The smallest absolute Gasteiger partial charge is 0.246 e. The molecule has 134 valence electrons. The number of rotatable bonds is 4. The third kappa shape index (κ3) is 3.35. The van der Waals surface area contributed by atoms with E-state index >= 15 is 0 Å². The molecule has 0 saturated heterocycles. The van der Waals surface area contributed by atoms with E-state index in [0.717, 1.165) is 17.7 Å². The van der Waals surface area contributed by atoms with Crippen molar-refractivity contribution in [2.24, 2.45) is 0 Å². The van der Waals surface area contributed by atoms with Crippen molar-refractivity contribution in [2.75, 3.05) is 31.2 Å². The summed E-state index contributed by atoms with van der Waals surface area (Å²) in [4.78, 5) is 26.4. The Morgan fingerprint density at radius 2 is 1.85 bits per heavy atom. The highest BCUT2D eigenvalue weighted by molar-refractivity contribution is 5.98. The van der Waals surface area contributed by atoms with E-state index in [4.69, 9.17) is 9.47 Å². The van der Waals surface area contributed by atoms with Crippen LogP contribution in [0.1, 0.15) is 11.1 Å². The van der Waals surface area contributed by atoms with Gasteiger partial charge < -0.3 is 19.7 Å². The predicted octanol–water partition coefficient (Wildman–Crippen LogP) is 1.71. The molecule has 2 aromatic carbocycles. The molecule has 0 unspecified atom stereocenters. The van der Waals surface area contributed by atoms with Crippen molar-refractivity contribution in [1.82, 2.24) is 5.32 Å². The molecule has 26 heavy (non-hydrogen) atoms. The first-order valence-corrected chi connectivity index (χ1v) is 8.74. The average molecular weight is 352 g/mol. The van der Waals surface area contributed by atoms with E-state index in [-0.39, 0.29) is 24.8 Å². The number of anilines is 1. The molecule has 2 heterocycles. The van der Waals surface area contributed by atoms with Crippen LogP contribution in [0.2, 0.25) is 0 Å². The monoisotopic (exact) mass is 352 g/mol. The standard InChI is InChI=1S/C20H20N2O4/c23-19(12-14-5-6-17-18(11-14)26-10-9-25-17)21-13-20(24)22-8-7-15-3-1-2-4-16(15)22/h1-6,11H,7-10,12-13H2,(H,21,23). The first kappa shape index (κ1) is 16.4. The Morgan fingerprint density at radius 1 is 1.04 bits per heavy atom. The Bertz CT molecular complexity index is 849. The van der Waals surface area contributed by atoms with Crippen molar-refractivity contribution >= 4 is 17.5 Å². The number of carbonyl (C=O) groups excluding carboxylic acids is 2. The van der Waals surface area contributed by atoms with E-state index in [0.29, 0.717) is 31.3 Å². The molecular formula is C20H20N2O4. The lowest BCUT2D eigenvalue weighted by Gasteiger charge is -2.19. The van der Waals surface area contributed by atoms with Crippen LogP contribution in [0.3, 0.4) is 0 Å². The minimum Gasteiger partial charge on any atom is -0.486 e. The highest BCUT2D eigenvalue weighted by Gasteiger charge is 2.24. The molecule has 0 aromatic heterocycles. The van der Waals surface area contributed by atoms with E-state index in [1.807, 2.05) is 42.5 Å². The molecule has 4 rings (SSSR count). The van der Waals surface area contributed by atoms with Gasteiger partial charge in [-0.2, -0.15) is 0 Å². The van der Waals surface area contributed by atoms with Crippen LogP contribution in [-0.2, 0) is 22.4 Å². The zero-order valence-electron chi connectivity index (χ0n) is 14.4. The van der Waals surface area contributed by atoms with Gasteiger partial charge in [0.2, 0.25) is 11.8 Å². The fourth-order valence-corrected chi connectivity index (χ4v) is 3.31. The van der Waals surface area contributed by atoms with Crippen LogP contribution in [0, 0.1) is 0 Å². The van der Waals surface area contributed by atoms with Gasteiger partial charge in [-0.25, -0.2) is 0 Å². The molecule has 0 radical (unpaired) electrons.